The minimum atomic E-state index is -0.467. The van der Waals surface area contributed by atoms with E-state index in [0.29, 0.717) is 11.4 Å². The largest absolute Gasteiger partial charge is 0.489 e. The average Bonchev–Trinajstić information content (AvgIpc) is 2.86. The van der Waals surface area contributed by atoms with Crippen LogP contribution >= 0.6 is 0 Å². The highest BCUT2D eigenvalue weighted by atomic mass is 19.1. The van der Waals surface area contributed by atoms with Crippen LogP contribution in [0, 0.1) is 5.82 Å². The van der Waals surface area contributed by atoms with Crippen molar-refractivity contribution in [2.24, 2.45) is 7.05 Å². The molecular formula is C15H13FN4O2. The summed E-state index contributed by atoms with van der Waals surface area (Å²) in [4.78, 5) is 11.9. The number of aryl methyl sites for hydroxylation is 1. The monoisotopic (exact) mass is 300 g/mol. The smallest absolute Gasteiger partial charge is 0.368 e. The molecule has 1 aromatic heterocycles. The molecule has 3 rings (SSSR count). The summed E-state index contributed by atoms with van der Waals surface area (Å²) in [5.74, 6) is 0.147. The van der Waals surface area contributed by atoms with Gasteiger partial charge < -0.3 is 4.74 Å². The number of halogens is 1. The number of hydrogen-bond acceptors (Lipinski definition) is 4. The van der Waals surface area contributed by atoms with Crippen LogP contribution in [0.4, 0.5) is 4.39 Å². The van der Waals surface area contributed by atoms with E-state index in [-0.39, 0.29) is 12.2 Å². The third-order valence-electron chi connectivity index (χ3n) is 3.17. The first-order chi connectivity index (χ1) is 10.7. The lowest BCUT2D eigenvalue weighted by atomic mass is 10.2. The van der Waals surface area contributed by atoms with Gasteiger partial charge in [-0.05, 0) is 34.7 Å². The highest BCUT2D eigenvalue weighted by Crippen LogP contribution is 2.19. The Hall–Kier alpha value is -2.96. The van der Waals surface area contributed by atoms with Gasteiger partial charge in [0.15, 0.2) is 0 Å². The zero-order valence-electron chi connectivity index (χ0n) is 11.8. The Bertz CT molecular complexity index is 842. The van der Waals surface area contributed by atoms with Gasteiger partial charge in [-0.25, -0.2) is 9.18 Å². The van der Waals surface area contributed by atoms with E-state index in [2.05, 4.69) is 10.4 Å². The Balaban J connectivity index is 1.97. The van der Waals surface area contributed by atoms with Crippen LogP contribution in [0.15, 0.2) is 53.3 Å². The first kappa shape index (κ1) is 14.0. The number of ether oxygens (including phenoxy) is 1. The maximum Gasteiger partial charge on any atom is 0.368 e. The van der Waals surface area contributed by atoms with Crippen LogP contribution < -0.4 is 10.4 Å². The first-order valence-corrected chi connectivity index (χ1v) is 6.61. The van der Waals surface area contributed by atoms with Crippen molar-refractivity contribution < 1.29 is 9.13 Å². The quantitative estimate of drug-likeness (QED) is 0.735. The number of nitrogens with zero attached hydrogens (tertiary/aromatic N) is 4. The van der Waals surface area contributed by atoms with E-state index in [1.807, 2.05) is 18.2 Å². The number of tetrazole rings is 1. The van der Waals surface area contributed by atoms with E-state index in [1.54, 1.807) is 18.2 Å². The summed E-state index contributed by atoms with van der Waals surface area (Å²) in [6.45, 7) is -0.0188. The first-order valence-electron chi connectivity index (χ1n) is 6.61. The summed E-state index contributed by atoms with van der Waals surface area (Å²) in [5, 5.41) is 7.37. The molecule has 0 radical (unpaired) electrons. The third-order valence-corrected chi connectivity index (χ3v) is 3.17. The molecule has 0 amide bonds. The molecule has 1 heterocycles. The Morgan fingerprint density at radius 3 is 2.55 bits per heavy atom. The standard InChI is InChI=1S/C15H13FN4O2/c1-19-15(21)20(18-17-19)14-9-5-8-13(16)12(14)10-22-11-6-3-2-4-7-11/h2-9H,10H2,1H3. The number of hydrogen-bond donors (Lipinski definition) is 0. The van der Waals surface area contributed by atoms with Gasteiger partial charge in [0, 0.05) is 7.05 Å². The molecular weight excluding hydrogens is 287 g/mol. The van der Waals surface area contributed by atoms with E-state index in [0.717, 1.165) is 9.36 Å². The Labute approximate surface area is 125 Å². The topological polar surface area (TPSA) is 61.9 Å². The molecule has 0 aliphatic rings. The summed E-state index contributed by atoms with van der Waals surface area (Å²) in [5.41, 5.74) is 0.106. The minimum Gasteiger partial charge on any atom is -0.489 e. The SMILES string of the molecule is Cn1nnn(-c2cccc(F)c2COc2ccccc2)c1=O. The summed E-state index contributed by atoms with van der Waals surface area (Å²) >= 11 is 0. The number of para-hydroxylation sites is 1. The molecule has 0 unspecified atom stereocenters. The summed E-state index contributed by atoms with van der Waals surface area (Å²) in [7, 11) is 1.48. The van der Waals surface area contributed by atoms with E-state index >= 15 is 0 Å². The molecule has 2 aromatic carbocycles. The van der Waals surface area contributed by atoms with Gasteiger partial charge in [-0.2, -0.15) is 9.36 Å². The zero-order chi connectivity index (χ0) is 15.5. The molecule has 0 atom stereocenters. The van der Waals surface area contributed by atoms with Crippen molar-refractivity contribution in [2.45, 2.75) is 6.61 Å². The molecule has 3 aromatic rings. The lowest BCUT2D eigenvalue weighted by Crippen LogP contribution is -2.23. The van der Waals surface area contributed by atoms with E-state index in [9.17, 15) is 9.18 Å². The minimum absolute atomic E-state index is 0.0188. The second kappa shape index (κ2) is 5.80. The molecule has 0 N–H and O–H groups in total. The van der Waals surface area contributed by atoms with Gasteiger partial charge in [-0.1, -0.05) is 24.3 Å². The summed E-state index contributed by atoms with van der Waals surface area (Å²) < 4.78 is 21.8. The van der Waals surface area contributed by atoms with Crippen molar-refractivity contribution in [3.63, 3.8) is 0 Å². The highest BCUT2D eigenvalue weighted by molar-refractivity contribution is 5.40. The molecule has 0 bridgehead atoms. The highest BCUT2D eigenvalue weighted by Gasteiger charge is 2.15. The maximum absolute atomic E-state index is 14.1. The van der Waals surface area contributed by atoms with E-state index in [1.165, 1.54) is 19.2 Å². The third kappa shape index (κ3) is 2.60. The van der Waals surface area contributed by atoms with Crippen molar-refractivity contribution in [3.8, 4) is 11.4 Å². The number of benzene rings is 2. The summed E-state index contributed by atoms with van der Waals surface area (Å²) in [6, 6.07) is 13.5. The molecule has 0 saturated heterocycles. The molecule has 0 aliphatic carbocycles. The fraction of sp³-hybridized carbons (Fsp3) is 0.133. The lowest BCUT2D eigenvalue weighted by molar-refractivity contribution is 0.299. The molecule has 0 spiro atoms. The second-order valence-electron chi connectivity index (χ2n) is 4.64. The number of rotatable bonds is 4. The van der Waals surface area contributed by atoms with Crippen LogP contribution in [0.5, 0.6) is 5.75 Å². The van der Waals surface area contributed by atoms with Crippen molar-refractivity contribution in [2.75, 3.05) is 0 Å². The second-order valence-corrected chi connectivity index (χ2v) is 4.64. The van der Waals surface area contributed by atoms with Gasteiger partial charge in [-0.3, -0.25) is 0 Å². The van der Waals surface area contributed by atoms with Gasteiger partial charge in [0.05, 0.1) is 11.3 Å². The molecule has 6 nitrogen and oxygen atoms in total. The Kier molecular flexibility index (Phi) is 3.69. The Morgan fingerprint density at radius 1 is 1.09 bits per heavy atom. The molecule has 0 saturated carbocycles. The predicted molar refractivity (Wildman–Crippen MR) is 77.3 cm³/mol. The van der Waals surface area contributed by atoms with Crippen LogP contribution in [0.2, 0.25) is 0 Å². The predicted octanol–water partition coefficient (Wildman–Crippen LogP) is 1.68. The summed E-state index contributed by atoms with van der Waals surface area (Å²) in [6.07, 6.45) is 0. The van der Waals surface area contributed by atoms with Crippen molar-refractivity contribution in [3.05, 3.63) is 70.4 Å². The van der Waals surface area contributed by atoms with E-state index < -0.39 is 11.5 Å². The fourth-order valence-electron chi connectivity index (χ4n) is 2.03. The van der Waals surface area contributed by atoms with Crippen LogP contribution in [0.3, 0.4) is 0 Å². The average molecular weight is 300 g/mol. The number of aromatic nitrogens is 4. The van der Waals surface area contributed by atoms with Gasteiger partial charge in [0.25, 0.3) is 0 Å². The van der Waals surface area contributed by atoms with Crippen LogP contribution in [-0.4, -0.2) is 19.8 Å². The molecule has 112 valence electrons. The molecule has 7 heteroatoms. The van der Waals surface area contributed by atoms with Gasteiger partial charge in [0.2, 0.25) is 0 Å². The lowest BCUT2D eigenvalue weighted by Gasteiger charge is -2.11. The van der Waals surface area contributed by atoms with Crippen LogP contribution in [0.1, 0.15) is 5.56 Å². The van der Waals surface area contributed by atoms with Gasteiger partial charge >= 0.3 is 5.69 Å². The fourth-order valence-corrected chi connectivity index (χ4v) is 2.03. The van der Waals surface area contributed by atoms with E-state index in [4.69, 9.17) is 4.74 Å². The van der Waals surface area contributed by atoms with Crippen LogP contribution in [0.25, 0.3) is 5.69 Å². The normalized spacial score (nSPS) is 10.6. The van der Waals surface area contributed by atoms with Crippen molar-refractivity contribution >= 4 is 0 Å². The molecule has 0 fully saturated rings. The van der Waals surface area contributed by atoms with Gasteiger partial charge in [-0.15, -0.1) is 0 Å². The molecule has 22 heavy (non-hydrogen) atoms. The van der Waals surface area contributed by atoms with Crippen molar-refractivity contribution in [1.82, 2.24) is 19.8 Å². The maximum atomic E-state index is 14.1. The molecule has 0 aliphatic heterocycles. The Morgan fingerprint density at radius 2 is 1.86 bits per heavy atom. The van der Waals surface area contributed by atoms with Crippen molar-refractivity contribution in [1.29, 1.82) is 0 Å². The zero-order valence-corrected chi connectivity index (χ0v) is 11.8. The van der Waals surface area contributed by atoms with Crippen LogP contribution in [-0.2, 0) is 13.7 Å². The van der Waals surface area contributed by atoms with Gasteiger partial charge in [0.1, 0.15) is 18.2 Å².